The van der Waals surface area contributed by atoms with Crippen LogP contribution < -0.4 is 0 Å². The monoisotopic (exact) mass is 464 g/mol. The summed E-state index contributed by atoms with van der Waals surface area (Å²) in [7, 11) is 1.43. The fourth-order valence-electron chi connectivity index (χ4n) is 9.09. The van der Waals surface area contributed by atoms with Crippen molar-refractivity contribution in [1.82, 2.24) is 0 Å². The van der Waals surface area contributed by atoms with E-state index in [0.717, 1.165) is 51.4 Å². The van der Waals surface area contributed by atoms with Gasteiger partial charge in [0.2, 0.25) is 0 Å². The van der Waals surface area contributed by atoms with Gasteiger partial charge in [0.25, 0.3) is 0 Å². The third-order valence-electron chi connectivity index (χ3n) is 10.8. The van der Waals surface area contributed by atoms with Crippen LogP contribution in [0.15, 0.2) is 0 Å². The molecule has 2 unspecified atom stereocenters. The fourth-order valence-corrected chi connectivity index (χ4v) is 9.09. The van der Waals surface area contributed by atoms with Gasteiger partial charge >= 0.3 is 11.9 Å². The van der Waals surface area contributed by atoms with Crippen molar-refractivity contribution in [3.05, 3.63) is 0 Å². The van der Waals surface area contributed by atoms with E-state index in [1.165, 1.54) is 14.0 Å². The van der Waals surface area contributed by atoms with Gasteiger partial charge < -0.3 is 19.7 Å². The number of methoxy groups -OCH3 is 1. The molecule has 6 heteroatoms. The number of hydrogen-bond acceptors (Lipinski definition) is 6. The van der Waals surface area contributed by atoms with Gasteiger partial charge in [-0.15, -0.1) is 0 Å². The standard InChI is InChI=1S/C27H44O6/c1-15(6-9-24(31)32-5)19-7-8-20-25-21(14-23(30)27(19,20)4)26(3)11-10-18(29)12-17(26)13-22(25)33-16(2)28/h15,17-23,25,29-30H,6-14H2,1-5H3/t15-,17+,18-,19-,20+,21?,22-,23+,25?,26+,27-/m1/s1. The highest BCUT2D eigenvalue weighted by atomic mass is 16.5. The highest BCUT2D eigenvalue weighted by molar-refractivity contribution is 5.69. The summed E-state index contributed by atoms with van der Waals surface area (Å²) in [5, 5.41) is 22.1. The highest BCUT2D eigenvalue weighted by Crippen LogP contribution is 2.68. The van der Waals surface area contributed by atoms with E-state index in [1.807, 2.05) is 0 Å². The lowest BCUT2D eigenvalue weighted by Gasteiger charge is -2.63. The van der Waals surface area contributed by atoms with Gasteiger partial charge in [-0.05, 0) is 91.8 Å². The van der Waals surface area contributed by atoms with Gasteiger partial charge in [-0.2, -0.15) is 0 Å². The Morgan fingerprint density at radius 1 is 1.06 bits per heavy atom. The van der Waals surface area contributed by atoms with E-state index in [0.29, 0.717) is 36.0 Å². The predicted molar refractivity (Wildman–Crippen MR) is 124 cm³/mol. The maximum atomic E-state index is 12.1. The van der Waals surface area contributed by atoms with Crippen molar-refractivity contribution in [2.75, 3.05) is 7.11 Å². The highest BCUT2D eigenvalue weighted by Gasteiger charge is 2.66. The van der Waals surface area contributed by atoms with Gasteiger partial charge in [0.1, 0.15) is 6.10 Å². The van der Waals surface area contributed by atoms with Crippen molar-refractivity contribution < 1.29 is 29.3 Å². The summed E-state index contributed by atoms with van der Waals surface area (Å²) < 4.78 is 10.9. The molecule has 188 valence electrons. The Morgan fingerprint density at radius 2 is 1.79 bits per heavy atom. The molecule has 0 amide bonds. The molecule has 6 nitrogen and oxygen atoms in total. The average Bonchev–Trinajstić information content (AvgIpc) is 3.11. The van der Waals surface area contributed by atoms with Gasteiger partial charge in [0.15, 0.2) is 0 Å². The van der Waals surface area contributed by atoms with Crippen LogP contribution in [0.5, 0.6) is 0 Å². The molecule has 11 atom stereocenters. The number of esters is 2. The van der Waals surface area contributed by atoms with Crippen molar-refractivity contribution in [2.24, 2.45) is 46.3 Å². The van der Waals surface area contributed by atoms with Gasteiger partial charge in [-0.25, -0.2) is 0 Å². The third kappa shape index (κ3) is 4.13. The fraction of sp³-hybridized carbons (Fsp3) is 0.926. The van der Waals surface area contributed by atoms with Crippen LogP contribution in [-0.2, 0) is 19.1 Å². The molecule has 0 bridgehead atoms. The number of hydrogen-bond donors (Lipinski definition) is 2. The summed E-state index contributed by atoms with van der Waals surface area (Å²) in [4.78, 5) is 23.9. The minimum Gasteiger partial charge on any atom is -0.469 e. The molecule has 4 aliphatic carbocycles. The predicted octanol–water partition coefficient (Wildman–Crippen LogP) is 4.11. The normalized spacial score (nSPS) is 47.6. The molecular formula is C27H44O6. The van der Waals surface area contributed by atoms with E-state index in [9.17, 15) is 19.8 Å². The Labute approximate surface area is 198 Å². The molecular weight excluding hydrogens is 420 g/mol. The summed E-state index contributed by atoms with van der Waals surface area (Å²) >= 11 is 0. The Morgan fingerprint density at radius 3 is 2.45 bits per heavy atom. The Kier molecular flexibility index (Phi) is 6.92. The zero-order chi connectivity index (χ0) is 24.1. The van der Waals surface area contributed by atoms with Crippen molar-refractivity contribution in [2.45, 2.75) is 104 Å². The van der Waals surface area contributed by atoms with E-state index in [1.54, 1.807) is 0 Å². The molecule has 0 radical (unpaired) electrons. The third-order valence-corrected chi connectivity index (χ3v) is 10.8. The first kappa shape index (κ1) is 25.0. The summed E-state index contributed by atoms with van der Waals surface area (Å²) in [6, 6.07) is 0. The number of aliphatic hydroxyl groups excluding tert-OH is 2. The van der Waals surface area contributed by atoms with Gasteiger partial charge in [0, 0.05) is 19.3 Å². The Balaban J connectivity index is 1.64. The minimum absolute atomic E-state index is 0.0669. The van der Waals surface area contributed by atoms with E-state index >= 15 is 0 Å². The number of carbonyl (C=O) groups is 2. The first-order chi connectivity index (χ1) is 15.5. The summed E-state index contributed by atoms with van der Waals surface area (Å²) in [5.41, 5.74) is -0.177. The van der Waals surface area contributed by atoms with Gasteiger partial charge in [-0.1, -0.05) is 20.8 Å². The molecule has 0 aliphatic heterocycles. The van der Waals surface area contributed by atoms with E-state index in [2.05, 4.69) is 20.8 Å². The Hall–Kier alpha value is -1.14. The summed E-state index contributed by atoms with van der Waals surface area (Å²) in [5.74, 6) is 1.40. The van der Waals surface area contributed by atoms with Crippen LogP contribution in [0.3, 0.4) is 0 Å². The van der Waals surface area contributed by atoms with Crippen molar-refractivity contribution in [3.63, 3.8) is 0 Å². The lowest BCUT2D eigenvalue weighted by molar-refractivity contribution is -0.216. The molecule has 4 saturated carbocycles. The molecule has 0 aromatic carbocycles. The summed E-state index contributed by atoms with van der Waals surface area (Å²) in [6.07, 6.45) is 6.54. The number of ether oxygens (including phenoxy) is 2. The lowest BCUT2D eigenvalue weighted by atomic mass is 9.43. The molecule has 2 N–H and O–H groups in total. The topological polar surface area (TPSA) is 93.1 Å². The minimum atomic E-state index is -0.405. The molecule has 0 aromatic rings. The van der Waals surface area contributed by atoms with Gasteiger partial charge in [0.05, 0.1) is 19.3 Å². The SMILES string of the molecule is COC(=O)CC[C@@H](C)[C@H]1CC[C@H]2C3C(C[C@H](O)[C@]12C)[C@@]1(C)CC[C@@H](O)C[C@H]1C[C@H]3OC(C)=O. The lowest BCUT2D eigenvalue weighted by Crippen LogP contribution is -2.62. The number of carbonyl (C=O) groups excluding carboxylic acids is 2. The number of aliphatic hydroxyl groups is 2. The second-order valence-electron chi connectivity index (χ2n) is 12.2. The largest absolute Gasteiger partial charge is 0.469 e. The van der Waals surface area contributed by atoms with E-state index in [4.69, 9.17) is 9.47 Å². The molecule has 0 heterocycles. The van der Waals surface area contributed by atoms with Crippen LogP contribution in [0.1, 0.15) is 85.5 Å². The first-order valence-corrected chi connectivity index (χ1v) is 13.1. The van der Waals surface area contributed by atoms with Crippen LogP contribution in [0.25, 0.3) is 0 Å². The zero-order valence-corrected chi connectivity index (χ0v) is 21.1. The number of rotatable bonds is 5. The van der Waals surface area contributed by atoms with Crippen LogP contribution in [-0.4, -0.2) is 47.6 Å². The maximum absolute atomic E-state index is 12.1. The summed E-state index contributed by atoms with van der Waals surface area (Å²) in [6.45, 7) is 8.34. The molecule has 4 fully saturated rings. The van der Waals surface area contributed by atoms with E-state index in [-0.39, 0.29) is 40.9 Å². The average molecular weight is 465 g/mol. The van der Waals surface area contributed by atoms with Crippen molar-refractivity contribution >= 4 is 11.9 Å². The zero-order valence-electron chi connectivity index (χ0n) is 21.1. The molecule has 0 spiro atoms. The van der Waals surface area contributed by atoms with Crippen LogP contribution in [0.4, 0.5) is 0 Å². The van der Waals surface area contributed by atoms with Gasteiger partial charge in [-0.3, -0.25) is 9.59 Å². The second-order valence-corrected chi connectivity index (χ2v) is 12.2. The first-order valence-electron chi connectivity index (χ1n) is 13.1. The molecule has 33 heavy (non-hydrogen) atoms. The maximum Gasteiger partial charge on any atom is 0.305 e. The van der Waals surface area contributed by atoms with Crippen LogP contribution in [0, 0.1) is 46.3 Å². The van der Waals surface area contributed by atoms with E-state index < -0.39 is 6.10 Å². The van der Waals surface area contributed by atoms with Crippen molar-refractivity contribution in [1.29, 1.82) is 0 Å². The van der Waals surface area contributed by atoms with Crippen LogP contribution in [0.2, 0.25) is 0 Å². The Bertz CT molecular complexity index is 753. The smallest absolute Gasteiger partial charge is 0.305 e. The molecule has 4 aliphatic rings. The van der Waals surface area contributed by atoms with Crippen LogP contribution >= 0.6 is 0 Å². The molecule has 0 aromatic heterocycles. The van der Waals surface area contributed by atoms with Crippen molar-refractivity contribution in [3.8, 4) is 0 Å². The quantitative estimate of drug-likeness (QED) is 0.595. The molecule has 0 saturated heterocycles. The number of fused-ring (bicyclic) bond motifs is 5. The molecule has 4 rings (SSSR count). The second kappa shape index (κ2) is 9.14.